The maximum absolute atomic E-state index is 11.4. The molecule has 1 rings (SSSR count). The summed E-state index contributed by atoms with van der Waals surface area (Å²) in [5.74, 6) is -1.04. The molecule has 0 atom stereocenters. The van der Waals surface area contributed by atoms with Gasteiger partial charge in [-0.1, -0.05) is 0 Å². The zero-order valence-electron chi connectivity index (χ0n) is 9.34. The van der Waals surface area contributed by atoms with Crippen LogP contribution in [-0.4, -0.2) is 28.4 Å². The van der Waals surface area contributed by atoms with Crippen LogP contribution in [-0.2, 0) is 11.3 Å². The number of rotatable bonds is 5. The average molecular weight is 225 g/mol. The van der Waals surface area contributed by atoms with E-state index in [0.29, 0.717) is 13.2 Å². The van der Waals surface area contributed by atoms with E-state index in [1.54, 1.807) is 0 Å². The van der Waals surface area contributed by atoms with Crippen molar-refractivity contribution in [3.8, 4) is 0 Å². The molecule has 1 heterocycles. The number of carboxylic acid groups (broad SMARTS) is 1. The summed E-state index contributed by atoms with van der Waals surface area (Å²) in [6, 6.07) is 2.54. The standard InChI is InChI=1S/C11H15NO4/c1-8(2)16-6-5-12-7-9(11(14)15)3-4-10(12)13/h3-4,7-8H,5-6H2,1-2H3,(H,14,15). The Bertz CT molecular complexity index is 422. The van der Waals surface area contributed by atoms with Gasteiger partial charge in [0, 0.05) is 18.8 Å². The molecule has 0 aromatic carbocycles. The summed E-state index contributed by atoms with van der Waals surface area (Å²) in [6.07, 6.45) is 1.42. The minimum atomic E-state index is -1.04. The topological polar surface area (TPSA) is 68.5 Å². The zero-order valence-corrected chi connectivity index (χ0v) is 9.34. The molecule has 0 fully saturated rings. The van der Waals surface area contributed by atoms with Crippen LogP contribution >= 0.6 is 0 Å². The highest BCUT2D eigenvalue weighted by atomic mass is 16.5. The van der Waals surface area contributed by atoms with Gasteiger partial charge in [-0.3, -0.25) is 4.79 Å². The van der Waals surface area contributed by atoms with E-state index in [1.807, 2.05) is 13.8 Å². The summed E-state index contributed by atoms with van der Waals surface area (Å²) in [6.45, 7) is 4.55. The number of aromatic nitrogens is 1. The highest BCUT2D eigenvalue weighted by Gasteiger charge is 2.05. The molecule has 0 amide bonds. The fourth-order valence-electron chi connectivity index (χ4n) is 1.22. The van der Waals surface area contributed by atoms with Crippen molar-refractivity contribution in [3.63, 3.8) is 0 Å². The van der Waals surface area contributed by atoms with Crippen LogP contribution in [0.25, 0.3) is 0 Å². The van der Waals surface area contributed by atoms with Crippen LogP contribution in [0.3, 0.4) is 0 Å². The second-order valence-corrected chi connectivity index (χ2v) is 3.67. The number of hydrogen-bond acceptors (Lipinski definition) is 3. The van der Waals surface area contributed by atoms with Crippen LogP contribution in [0.1, 0.15) is 24.2 Å². The Kier molecular flexibility index (Phi) is 4.25. The molecule has 0 spiro atoms. The van der Waals surface area contributed by atoms with Gasteiger partial charge >= 0.3 is 5.97 Å². The molecule has 1 N–H and O–H groups in total. The lowest BCUT2D eigenvalue weighted by Gasteiger charge is -2.09. The number of pyridine rings is 1. The van der Waals surface area contributed by atoms with Crippen LogP contribution in [0.2, 0.25) is 0 Å². The maximum Gasteiger partial charge on any atom is 0.337 e. The molecule has 0 saturated heterocycles. The summed E-state index contributed by atoms with van der Waals surface area (Å²) in [5, 5.41) is 8.77. The molecule has 0 aliphatic rings. The first-order valence-electron chi connectivity index (χ1n) is 5.06. The third kappa shape index (κ3) is 3.51. The molecule has 0 aliphatic carbocycles. The SMILES string of the molecule is CC(C)OCCn1cc(C(=O)O)ccc1=O. The van der Waals surface area contributed by atoms with Gasteiger partial charge < -0.3 is 14.4 Å². The van der Waals surface area contributed by atoms with Crippen LogP contribution < -0.4 is 5.56 Å². The van der Waals surface area contributed by atoms with Gasteiger partial charge in [-0.25, -0.2) is 4.79 Å². The minimum absolute atomic E-state index is 0.0957. The van der Waals surface area contributed by atoms with Gasteiger partial charge in [0.05, 0.1) is 18.3 Å². The van der Waals surface area contributed by atoms with E-state index in [4.69, 9.17) is 9.84 Å². The molecule has 0 saturated carbocycles. The third-order valence-corrected chi connectivity index (χ3v) is 2.01. The average Bonchev–Trinajstić information content (AvgIpc) is 2.20. The third-order valence-electron chi connectivity index (χ3n) is 2.01. The summed E-state index contributed by atoms with van der Waals surface area (Å²) < 4.78 is 6.63. The fourth-order valence-corrected chi connectivity index (χ4v) is 1.22. The number of carboxylic acids is 1. The Labute approximate surface area is 93.3 Å². The number of hydrogen-bond donors (Lipinski definition) is 1. The first kappa shape index (κ1) is 12.4. The maximum atomic E-state index is 11.4. The number of nitrogens with zero attached hydrogens (tertiary/aromatic N) is 1. The van der Waals surface area contributed by atoms with E-state index in [2.05, 4.69) is 0 Å². The van der Waals surface area contributed by atoms with Crippen molar-refractivity contribution >= 4 is 5.97 Å². The van der Waals surface area contributed by atoms with Crippen molar-refractivity contribution in [2.75, 3.05) is 6.61 Å². The van der Waals surface area contributed by atoms with Crippen molar-refractivity contribution in [2.24, 2.45) is 0 Å². The highest BCUT2D eigenvalue weighted by molar-refractivity contribution is 5.87. The van der Waals surface area contributed by atoms with E-state index in [-0.39, 0.29) is 17.2 Å². The Morgan fingerprint density at radius 2 is 2.19 bits per heavy atom. The Hall–Kier alpha value is -1.62. The monoisotopic (exact) mass is 225 g/mol. The zero-order chi connectivity index (χ0) is 12.1. The smallest absolute Gasteiger partial charge is 0.337 e. The van der Waals surface area contributed by atoms with E-state index in [1.165, 1.54) is 22.9 Å². The second-order valence-electron chi connectivity index (χ2n) is 3.67. The van der Waals surface area contributed by atoms with Gasteiger partial charge in [0.1, 0.15) is 0 Å². The van der Waals surface area contributed by atoms with Crippen molar-refractivity contribution in [1.29, 1.82) is 0 Å². The number of ether oxygens (including phenoxy) is 1. The van der Waals surface area contributed by atoms with Crippen molar-refractivity contribution < 1.29 is 14.6 Å². The van der Waals surface area contributed by atoms with Gasteiger partial charge in [0.25, 0.3) is 5.56 Å². The van der Waals surface area contributed by atoms with Gasteiger partial charge in [-0.15, -0.1) is 0 Å². The fraction of sp³-hybridized carbons (Fsp3) is 0.455. The molecular formula is C11H15NO4. The van der Waals surface area contributed by atoms with Crippen LogP contribution in [0.15, 0.2) is 23.1 Å². The highest BCUT2D eigenvalue weighted by Crippen LogP contribution is 1.96. The summed E-state index contributed by atoms with van der Waals surface area (Å²) >= 11 is 0. The van der Waals surface area contributed by atoms with Gasteiger partial charge in [0.2, 0.25) is 0 Å². The molecule has 16 heavy (non-hydrogen) atoms. The first-order chi connectivity index (χ1) is 7.50. The van der Waals surface area contributed by atoms with E-state index in [9.17, 15) is 9.59 Å². The van der Waals surface area contributed by atoms with Gasteiger partial charge in [-0.05, 0) is 19.9 Å². The van der Waals surface area contributed by atoms with Crippen molar-refractivity contribution in [1.82, 2.24) is 4.57 Å². The summed E-state index contributed by atoms with van der Waals surface area (Å²) in [7, 11) is 0. The predicted octanol–water partition coefficient (Wildman–Crippen LogP) is 0.972. The molecule has 1 aromatic heterocycles. The lowest BCUT2D eigenvalue weighted by atomic mass is 10.3. The Morgan fingerprint density at radius 3 is 2.75 bits per heavy atom. The molecule has 0 bridgehead atoms. The molecule has 5 nitrogen and oxygen atoms in total. The first-order valence-corrected chi connectivity index (χ1v) is 5.06. The Morgan fingerprint density at radius 1 is 1.50 bits per heavy atom. The second kappa shape index (κ2) is 5.46. The van der Waals surface area contributed by atoms with Crippen LogP contribution in [0.5, 0.6) is 0 Å². The molecule has 88 valence electrons. The molecular weight excluding hydrogens is 210 g/mol. The summed E-state index contributed by atoms with van der Waals surface area (Å²) in [4.78, 5) is 22.1. The normalized spacial score (nSPS) is 10.7. The van der Waals surface area contributed by atoms with Gasteiger partial charge in [-0.2, -0.15) is 0 Å². The quantitative estimate of drug-likeness (QED) is 0.810. The molecule has 0 aliphatic heterocycles. The molecule has 0 radical (unpaired) electrons. The van der Waals surface area contributed by atoms with Crippen LogP contribution in [0, 0.1) is 0 Å². The number of aromatic carboxylic acids is 1. The van der Waals surface area contributed by atoms with E-state index in [0.717, 1.165) is 0 Å². The van der Waals surface area contributed by atoms with Gasteiger partial charge in [0.15, 0.2) is 0 Å². The van der Waals surface area contributed by atoms with Crippen molar-refractivity contribution in [2.45, 2.75) is 26.5 Å². The molecule has 1 aromatic rings. The largest absolute Gasteiger partial charge is 0.478 e. The molecule has 5 heteroatoms. The lowest BCUT2D eigenvalue weighted by Crippen LogP contribution is -2.23. The molecule has 0 unspecified atom stereocenters. The van der Waals surface area contributed by atoms with Crippen LogP contribution in [0.4, 0.5) is 0 Å². The lowest BCUT2D eigenvalue weighted by molar-refractivity contribution is 0.0683. The predicted molar refractivity (Wildman–Crippen MR) is 58.7 cm³/mol. The Balaban J connectivity index is 2.75. The number of carbonyl (C=O) groups is 1. The van der Waals surface area contributed by atoms with Crippen molar-refractivity contribution in [3.05, 3.63) is 34.2 Å². The van der Waals surface area contributed by atoms with E-state index < -0.39 is 5.97 Å². The van der Waals surface area contributed by atoms with E-state index >= 15 is 0 Å². The summed E-state index contributed by atoms with van der Waals surface area (Å²) in [5.41, 5.74) is -0.124. The minimum Gasteiger partial charge on any atom is -0.478 e.